The fourth-order valence-corrected chi connectivity index (χ4v) is 3.31. The summed E-state index contributed by atoms with van der Waals surface area (Å²) in [4.78, 5) is 20.4. The van der Waals surface area contributed by atoms with Crippen molar-refractivity contribution in [2.45, 2.75) is 18.3 Å². The van der Waals surface area contributed by atoms with Gasteiger partial charge in [0.2, 0.25) is 0 Å². The summed E-state index contributed by atoms with van der Waals surface area (Å²) in [5.41, 5.74) is 2.72. The van der Waals surface area contributed by atoms with Gasteiger partial charge in [-0.2, -0.15) is 0 Å². The number of aliphatic carboxylic acids is 2. The molecule has 1 heterocycles. The Bertz CT molecular complexity index is 763. The molecule has 6 heteroatoms. The molecule has 144 valence electrons. The van der Waals surface area contributed by atoms with Crippen molar-refractivity contribution in [3.05, 3.63) is 65.7 Å². The van der Waals surface area contributed by atoms with Gasteiger partial charge in [0.25, 0.3) is 0 Å². The molecule has 1 aliphatic heterocycles. The summed E-state index contributed by atoms with van der Waals surface area (Å²) >= 11 is 0. The third-order valence-electron chi connectivity index (χ3n) is 4.59. The van der Waals surface area contributed by atoms with Crippen LogP contribution in [0.3, 0.4) is 0 Å². The molecule has 27 heavy (non-hydrogen) atoms. The van der Waals surface area contributed by atoms with Crippen LogP contribution in [0.4, 0.5) is 0 Å². The van der Waals surface area contributed by atoms with Gasteiger partial charge in [0.15, 0.2) is 0 Å². The first-order valence-corrected chi connectivity index (χ1v) is 8.75. The zero-order valence-corrected chi connectivity index (χ0v) is 15.6. The number of fused-ring (bicyclic) bond motifs is 1. The van der Waals surface area contributed by atoms with Crippen LogP contribution in [0, 0.1) is 0 Å². The van der Waals surface area contributed by atoms with Crippen LogP contribution in [0.1, 0.15) is 24.0 Å². The number of nitrogens with zero attached hydrogens (tertiary/aromatic N) is 1. The van der Waals surface area contributed by atoms with Gasteiger partial charge in [0.05, 0.1) is 5.41 Å². The van der Waals surface area contributed by atoms with Gasteiger partial charge in [-0.25, -0.2) is 9.59 Å². The molecule has 0 fully saturated rings. The highest BCUT2D eigenvalue weighted by Crippen LogP contribution is 2.46. The number of ether oxygens (including phenoxy) is 1. The van der Waals surface area contributed by atoms with Gasteiger partial charge in [-0.15, -0.1) is 0 Å². The van der Waals surface area contributed by atoms with E-state index in [1.165, 1.54) is 17.5 Å². The van der Waals surface area contributed by atoms with E-state index in [0.717, 1.165) is 25.3 Å². The molecule has 2 aromatic rings. The van der Waals surface area contributed by atoms with E-state index in [9.17, 15) is 0 Å². The number of para-hydroxylation sites is 1. The van der Waals surface area contributed by atoms with Crippen LogP contribution < -0.4 is 4.74 Å². The van der Waals surface area contributed by atoms with Crippen LogP contribution in [0.2, 0.25) is 0 Å². The van der Waals surface area contributed by atoms with Crippen LogP contribution in [0.25, 0.3) is 0 Å². The Morgan fingerprint density at radius 1 is 1.00 bits per heavy atom. The van der Waals surface area contributed by atoms with E-state index in [2.05, 4.69) is 73.6 Å². The maximum Gasteiger partial charge on any atom is 0.414 e. The number of carboxylic acid groups (broad SMARTS) is 2. The molecule has 1 aliphatic rings. The lowest BCUT2D eigenvalue weighted by Gasteiger charge is -2.29. The fraction of sp³-hybridized carbons (Fsp3) is 0.333. The first kappa shape index (κ1) is 20.5. The first-order valence-electron chi connectivity index (χ1n) is 8.75. The van der Waals surface area contributed by atoms with E-state index < -0.39 is 11.9 Å². The maximum atomic E-state index is 9.10. The Morgan fingerprint density at radius 3 is 2.19 bits per heavy atom. The second kappa shape index (κ2) is 9.19. The lowest BCUT2D eigenvalue weighted by Crippen LogP contribution is -2.30. The topological polar surface area (TPSA) is 87.1 Å². The van der Waals surface area contributed by atoms with Gasteiger partial charge in [-0.1, -0.05) is 48.5 Å². The summed E-state index contributed by atoms with van der Waals surface area (Å²) < 4.78 is 6.01. The molecule has 0 saturated heterocycles. The number of carbonyl (C=O) groups is 2. The minimum absolute atomic E-state index is 0.00780. The molecule has 6 nitrogen and oxygen atoms in total. The van der Waals surface area contributed by atoms with Crippen molar-refractivity contribution in [3.63, 3.8) is 0 Å². The summed E-state index contributed by atoms with van der Waals surface area (Å²) in [6.07, 6.45) is 2.28. The Hall–Kier alpha value is -2.86. The van der Waals surface area contributed by atoms with Crippen LogP contribution in [0.15, 0.2) is 54.6 Å². The molecule has 1 atom stereocenters. The van der Waals surface area contributed by atoms with Gasteiger partial charge >= 0.3 is 11.9 Å². The van der Waals surface area contributed by atoms with E-state index in [4.69, 9.17) is 24.5 Å². The summed E-state index contributed by atoms with van der Waals surface area (Å²) in [6, 6.07) is 19.3. The molecule has 3 rings (SSSR count). The zero-order valence-electron chi connectivity index (χ0n) is 15.6. The summed E-state index contributed by atoms with van der Waals surface area (Å²) in [6.45, 7) is 1.86. The van der Waals surface area contributed by atoms with Gasteiger partial charge in [0.1, 0.15) is 12.4 Å². The SMILES string of the molecule is CN(C)CCCC1(c2ccccc2)COc2ccccc21.O=C(O)C(=O)O. The second-order valence-corrected chi connectivity index (χ2v) is 6.75. The predicted molar refractivity (Wildman–Crippen MR) is 102 cm³/mol. The molecular formula is C21H25NO5. The quantitative estimate of drug-likeness (QED) is 0.786. The monoisotopic (exact) mass is 371 g/mol. The predicted octanol–water partition coefficient (Wildman–Crippen LogP) is 2.86. The number of rotatable bonds is 5. The standard InChI is InChI=1S/C19H23NO.C2H2O4/c1-20(2)14-8-13-19(16-9-4-3-5-10-16)15-21-18-12-7-6-11-17(18)19;3-1(4)2(5)6/h3-7,9-12H,8,13-15H2,1-2H3;(H,3,4)(H,5,6). The van der Waals surface area contributed by atoms with Gasteiger partial charge < -0.3 is 19.8 Å². The van der Waals surface area contributed by atoms with E-state index in [1.54, 1.807) is 0 Å². The highest BCUT2D eigenvalue weighted by Gasteiger charge is 2.41. The van der Waals surface area contributed by atoms with E-state index in [1.807, 2.05) is 0 Å². The molecule has 0 saturated carbocycles. The van der Waals surface area contributed by atoms with Gasteiger partial charge in [-0.3, -0.25) is 0 Å². The zero-order chi connectivity index (χ0) is 19.9. The Labute approximate surface area is 159 Å². The second-order valence-electron chi connectivity index (χ2n) is 6.75. The molecule has 0 bridgehead atoms. The highest BCUT2D eigenvalue weighted by molar-refractivity contribution is 6.27. The molecular weight excluding hydrogens is 346 g/mol. The molecule has 0 aliphatic carbocycles. The summed E-state index contributed by atoms with van der Waals surface area (Å²) in [7, 11) is 4.27. The van der Waals surface area contributed by atoms with Gasteiger partial charge in [-0.05, 0) is 45.1 Å². The van der Waals surface area contributed by atoms with Crippen LogP contribution in [-0.4, -0.2) is 54.3 Å². The van der Waals surface area contributed by atoms with E-state index in [0.29, 0.717) is 0 Å². The van der Waals surface area contributed by atoms with Crippen molar-refractivity contribution < 1.29 is 24.5 Å². The van der Waals surface area contributed by atoms with Crippen molar-refractivity contribution in [1.29, 1.82) is 0 Å². The van der Waals surface area contributed by atoms with Crippen LogP contribution in [-0.2, 0) is 15.0 Å². The fourth-order valence-electron chi connectivity index (χ4n) is 3.31. The molecule has 0 radical (unpaired) electrons. The maximum absolute atomic E-state index is 9.10. The lowest BCUT2D eigenvalue weighted by molar-refractivity contribution is -0.159. The van der Waals surface area contributed by atoms with Crippen molar-refractivity contribution in [1.82, 2.24) is 4.90 Å². The smallest absolute Gasteiger partial charge is 0.414 e. The van der Waals surface area contributed by atoms with Crippen LogP contribution in [0.5, 0.6) is 5.75 Å². The summed E-state index contributed by atoms with van der Waals surface area (Å²) in [5, 5.41) is 14.8. The third-order valence-corrected chi connectivity index (χ3v) is 4.59. The molecule has 0 spiro atoms. The Balaban J connectivity index is 0.000000380. The Kier molecular flexibility index (Phi) is 6.96. The Morgan fingerprint density at radius 2 is 1.59 bits per heavy atom. The third kappa shape index (κ3) is 5.08. The molecule has 1 unspecified atom stereocenters. The molecule has 2 N–H and O–H groups in total. The van der Waals surface area contributed by atoms with E-state index in [-0.39, 0.29) is 5.41 Å². The summed E-state index contributed by atoms with van der Waals surface area (Å²) in [5.74, 6) is -2.60. The number of hydrogen-bond donors (Lipinski definition) is 2. The first-order chi connectivity index (χ1) is 12.9. The number of benzene rings is 2. The number of hydrogen-bond acceptors (Lipinski definition) is 4. The average molecular weight is 371 g/mol. The minimum atomic E-state index is -1.82. The van der Waals surface area contributed by atoms with Crippen molar-refractivity contribution in [2.75, 3.05) is 27.2 Å². The normalized spacial score (nSPS) is 17.4. The van der Waals surface area contributed by atoms with Crippen molar-refractivity contribution in [2.24, 2.45) is 0 Å². The molecule has 0 amide bonds. The largest absolute Gasteiger partial charge is 0.492 e. The molecule has 2 aromatic carbocycles. The minimum Gasteiger partial charge on any atom is -0.492 e. The molecule has 0 aromatic heterocycles. The van der Waals surface area contributed by atoms with Crippen molar-refractivity contribution in [3.8, 4) is 5.75 Å². The highest BCUT2D eigenvalue weighted by atomic mass is 16.5. The van der Waals surface area contributed by atoms with Gasteiger partial charge in [0, 0.05) is 5.56 Å². The van der Waals surface area contributed by atoms with Crippen molar-refractivity contribution >= 4 is 11.9 Å². The van der Waals surface area contributed by atoms with Crippen LogP contribution >= 0.6 is 0 Å². The number of carboxylic acids is 2. The van der Waals surface area contributed by atoms with E-state index >= 15 is 0 Å². The lowest BCUT2D eigenvalue weighted by atomic mass is 9.73. The average Bonchev–Trinajstić information content (AvgIpc) is 3.03.